The minimum Gasteiger partial charge on any atom is -0.474 e. The Morgan fingerprint density at radius 1 is 1.20 bits per heavy atom. The molecule has 0 radical (unpaired) electrons. The molecular formula is C26H27N5O4. The highest BCUT2D eigenvalue weighted by Gasteiger charge is 2.38. The van der Waals surface area contributed by atoms with Crippen LogP contribution in [0.25, 0.3) is 11.1 Å². The summed E-state index contributed by atoms with van der Waals surface area (Å²) in [7, 11) is 5.08. The number of methoxy groups -OCH3 is 1. The highest BCUT2D eigenvalue weighted by Crippen LogP contribution is 2.37. The molecule has 1 aromatic carbocycles. The van der Waals surface area contributed by atoms with Crippen LogP contribution in [-0.2, 0) is 22.6 Å². The number of aromatic nitrogens is 3. The maximum absolute atomic E-state index is 12.4. The van der Waals surface area contributed by atoms with E-state index >= 15 is 0 Å². The summed E-state index contributed by atoms with van der Waals surface area (Å²) in [6.07, 6.45) is 5.33. The molecule has 5 rings (SSSR count). The van der Waals surface area contributed by atoms with Crippen molar-refractivity contribution in [2.24, 2.45) is 0 Å². The Morgan fingerprint density at radius 2 is 2.00 bits per heavy atom. The lowest BCUT2D eigenvalue weighted by atomic mass is 10.0. The molecule has 1 saturated heterocycles. The number of anilines is 1. The van der Waals surface area contributed by atoms with Crippen LogP contribution >= 0.6 is 0 Å². The number of ether oxygens (including phenoxy) is 2. The number of nitrogens with zero attached hydrogens (tertiary/aromatic N) is 5. The molecule has 2 aliphatic rings. The molecule has 1 atom stereocenters. The van der Waals surface area contributed by atoms with Gasteiger partial charge in [-0.2, -0.15) is 0 Å². The third kappa shape index (κ3) is 4.46. The largest absolute Gasteiger partial charge is 0.474 e. The predicted molar refractivity (Wildman–Crippen MR) is 129 cm³/mol. The summed E-state index contributed by atoms with van der Waals surface area (Å²) >= 11 is 0. The first-order valence-corrected chi connectivity index (χ1v) is 11.5. The van der Waals surface area contributed by atoms with Crippen molar-refractivity contribution in [1.29, 1.82) is 0 Å². The third-order valence-corrected chi connectivity index (χ3v) is 6.30. The van der Waals surface area contributed by atoms with Gasteiger partial charge in [-0.05, 0) is 35.7 Å². The maximum atomic E-state index is 12.4. The Kier molecular flexibility index (Phi) is 6.17. The Morgan fingerprint density at radius 3 is 2.74 bits per heavy atom. The number of pyridine rings is 1. The van der Waals surface area contributed by atoms with Crippen LogP contribution in [0.1, 0.15) is 40.3 Å². The van der Waals surface area contributed by atoms with E-state index in [1.54, 1.807) is 50.6 Å². The van der Waals surface area contributed by atoms with E-state index in [2.05, 4.69) is 9.97 Å². The fraction of sp³-hybridized carbons (Fsp3) is 0.346. The summed E-state index contributed by atoms with van der Waals surface area (Å²) in [5, 5.41) is 0. The molecule has 0 spiro atoms. The number of carbonyl (C=O) groups excluding carboxylic acids is 2. The monoisotopic (exact) mass is 473 g/mol. The molecule has 0 saturated carbocycles. The van der Waals surface area contributed by atoms with E-state index in [0.29, 0.717) is 43.3 Å². The van der Waals surface area contributed by atoms with Crippen molar-refractivity contribution >= 4 is 17.5 Å². The standard InChI is InChI=1S/C26H27N5O4/c1-30(2)26(33)18-6-4-17(5-7-18)20-13-27-23(29-21(20)15-34-3)11-16-10-22-25(28-12-16)35-14-19-8-9-24(32)31(19)22/h4-7,10,12-13,19H,8-9,11,14-15H2,1-3H3/t19-/m0/s1. The van der Waals surface area contributed by atoms with Crippen molar-refractivity contribution < 1.29 is 19.1 Å². The molecule has 9 nitrogen and oxygen atoms in total. The molecule has 35 heavy (non-hydrogen) atoms. The zero-order valence-corrected chi connectivity index (χ0v) is 20.0. The second-order valence-electron chi connectivity index (χ2n) is 8.97. The lowest BCUT2D eigenvalue weighted by Crippen LogP contribution is -2.40. The van der Waals surface area contributed by atoms with Gasteiger partial charge in [0.05, 0.1) is 18.3 Å². The molecule has 1 fully saturated rings. The van der Waals surface area contributed by atoms with Crippen molar-refractivity contribution in [1.82, 2.24) is 19.9 Å². The predicted octanol–water partition coefficient (Wildman–Crippen LogP) is 2.87. The molecule has 0 aliphatic carbocycles. The minimum absolute atomic E-state index is 0.0497. The van der Waals surface area contributed by atoms with Crippen LogP contribution < -0.4 is 9.64 Å². The van der Waals surface area contributed by atoms with E-state index in [-0.39, 0.29) is 17.9 Å². The Labute approximate surface area is 203 Å². The van der Waals surface area contributed by atoms with Crippen LogP contribution in [0.15, 0.2) is 42.7 Å². The van der Waals surface area contributed by atoms with Gasteiger partial charge in [-0.1, -0.05) is 12.1 Å². The molecule has 9 heteroatoms. The average molecular weight is 474 g/mol. The lowest BCUT2D eigenvalue weighted by Gasteiger charge is -2.31. The van der Waals surface area contributed by atoms with E-state index in [0.717, 1.165) is 34.5 Å². The molecule has 0 bridgehead atoms. The third-order valence-electron chi connectivity index (χ3n) is 6.30. The summed E-state index contributed by atoms with van der Waals surface area (Å²) < 4.78 is 11.2. The average Bonchev–Trinajstić information content (AvgIpc) is 3.25. The van der Waals surface area contributed by atoms with Gasteiger partial charge in [-0.25, -0.2) is 15.0 Å². The summed E-state index contributed by atoms with van der Waals surface area (Å²) in [4.78, 5) is 41.8. The van der Waals surface area contributed by atoms with Crippen molar-refractivity contribution in [2.75, 3.05) is 32.7 Å². The van der Waals surface area contributed by atoms with Gasteiger partial charge in [-0.3, -0.25) is 9.59 Å². The van der Waals surface area contributed by atoms with Crippen LogP contribution in [0.2, 0.25) is 0 Å². The van der Waals surface area contributed by atoms with Crippen molar-refractivity contribution in [3.8, 4) is 17.0 Å². The molecule has 2 amide bonds. The second kappa shape index (κ2) is 9.42. The van der Waals surface area contributed by atoms with E-state index in [4.69, 9.17) is 14.5 Å². The Bertz CT molecular complexity index is 1280. The SMILES string of the molecule is COCc1nc(Cc2cnc3c(c2)N2C(=O)CC[C@H]2CO3)ncc1-c1ccc(C(=O)N(C)C)cc1. The van der Waals surface area contributed by atoms with Crippen LogP contribution in [0, 0.1) is 0 Å². The van der Waals surface area contributed by atoms with E-state index in [9.17, 15) is 9.59 Å². The first-order chi connectivity index (χ1) is 16.9. The molecule has 2 aromatic heterocycles. The summed E-state index contributed by atoms with van der Waals surface area (Å²) in [6.45, 7) is 0.809. The van der Waals surface area contributed by atoms with Gasteiger partial charge in [-0.15, -0.1) is 0 Å². The van der Waals surface area contributed by atoms with Crippen molar-refractivity contribution in [3.63, 3.8) is 0 Å². The van der Waals surface area contributed by atoms with E-state index in [1.807, 2.05) is 23.1 Å². The zero-order valence-electron chi connectivity index (χ0n) is 20.0. The summed E-state index contributed by atoms with van der Waals surface area (Å²) in [6, 6.07) is 9.42. The number of rotatable bonds is 6. The molecule has 180 valence electrons. The number of hydrogen-bond donors (Lipinski definition) is 0. The molecule has 3 aromatic rings. The smallest absolute Gasteiger partial charge is 0.253 e. The molecule has 4 heterocycles. The fourth-order valence-electron chi connectivity index (χ4n) is 4.53. The van der Waals surface area contributed by atoms with Gasteiger partial charge in [0.15, 0.2) is 0 Å². The Balaban J connectivity index is 1.41. The number of carbonyl (C=O) groups is 2. The van der Waals surface area contributed by atoms with Crippen molar-refractivity contribution in [2.45, 2.75) is 31.9 Å². The van der Waals surface area contributed by atoms with Gasteiger partial charge >= 0.3 is 0 Å². The number of fused-ring (bicyclic) bond motifs is 3. The van der Waals surface area contributed by atoms with Gasteiger partial charge in [0.25, 0.3) is 5.91 Å². The van der Waals surface area contributed by atoms with Gasteiger partial charge in [0, 0.05) is 57.6 Å². The Hall–Kier alpha value is -3.85. The van der Waals surface area contributed by atoms with Crippen LogP contribution in [0.4, 0.5) is 5.69 Å². The highest BCUT2D eigenvalue weighted by atomic mass is 16.5. The van der Waals surface area contributed by atoms with Crippen molar-refractivity contribution in [3.05, 3.63) is 65.4 Å². The van der Waals surface area contributed by atoms with E-state index < -0.39 is 0 Å². The van der Waals surface area contributed by atoms with E-state index in [1.165, 1.54) is 0 Å². The maximum Gasteiger partial charge on any atom is 0.253 e. The minimum atomic E-state index is -0.0497. The normalized spacial score (nSPS) is 16.5. The first kappa shape index (κ1) is 22.9. The topological polar surface area (TPSA) is 97.8 Å². The van der Waals surface area contributed by atoms with Gasteiger partial charge in [0.2, 0.25) is 11.8 Å². The molecule has 0 unspecified atom stereocenters. The number of hydrogen-bond acceptors (Lipinski definition) is 7. The summed E-state index contributed by atoms with van der Waals surface area (Å²) in [5.41, 5.74) is 4.75. The van der Waals surface area contributed by atoms with Crippen LogP contribution in [0.5, 0.6) is 5.88 Å². The number of benzene rings is 1. The lowest BCUT2D eigenvalue weighted by molar-refractivity contribution is -0.117. The second-order valence-corrected chi connectivity index (χ2v) is 8.97. The summed E-state index contributed by atoms with van der Waals surface area (Å²) in [5.74, 6) is 1.18. The number of amides is 2. The molecular weight excluding hydrogens is 446 g/mol. The molecule has 2 aliphatic heterocycles. The first-order valence-electron chi connectivity index (χ1n) is 11.5. The van der Waals surface area contributed by atoms with Gasteiger partial charge in [0.1, 0.15) is 18.1 Å². The fourth-order valence-corrected chi connectivity index (χ4v) is 4.53. The highest BCUT2D eigenvalue weighted by molar-refractivity contribution is 5.98. The van der Waals surface area contributed by atoms with Gasteiger partial charge < -0.3 is 19.3 Å². The quantitative estimate of drug-likeness (QED) is 0.543. The van der Waals surface area contributed by atoms with Crippen LogP contribution in [-0.4, -0.2) is 65.5 Å². The zero-order chi connectivity index (χ0) is 24.5. The van der Waals surface area contributed by atoms with Crippen LogP contribution in [0.3, 0.4) is 0 Å². The molecule has 0 N–H and O–H groups in total.